The summed E-state index contributed by atoms with van der Waals surface area (Å²) in [5.74, 6) is 0.270. The molecule has 18 heavy (non-hydrogen) atoms. The third-order valence-electron chi connectivity index (χ3n) is 2.95. The Bertz CT molecular complexity index is 431. The van der Waals surface area contributed by atoms with E-state index in [4.69, 9.17) is 9.84 Å². The minimum absolute atomic E-state index is 0.270. The Balaban J connectivity index is 1.99. The van der Waals surface area contributed by atoms with Crippen LogP contribution >= 0.6 is 0 Å². The van der Waals surface area contributed by atoms with Crippen LogP contribution in [0.5, 0.6) is 5.75 Å². The molecule has 2 atom stereocenters. The van der Waals surface area contributed by atoms with Crippen molar-refractivity contribution in [2.45, 2.75) is 31.2 Å². The molecule has 100 valence electrons. The van der Waals surface area contributed by atoms with Crippen LogP contribution in [0, 0.1) is 0 Å². The number of aliphatic hydroxyl groups is 2. The van der Waals surface area contributed by atoms with Gasteiger partial charge in [0.25, 0.3) is 0 Å². The fourth-order valence-electron chi connectivity index (χ4n) is 1.93. The van der Waals surface area contributed by atoms with E-state index < -0.39 is 25.0 Å². The van der Waals surface area contributed by atoms with Gasteiger partial charge in [-0.2, -0.15) is 13.2 Å². The molecule has 3 nitrogen and oxygen atoms in total. The summed E-state index contributed by atoms with van der Waals surface area (Å²) in [6, 6.07) is 4.74. The lowest BCUT2D eigenvalue weighted by Crippen LogP contribution is -2.34. The van der Waals surface area contributed by atoms with Gasteiger partial charge in [-0.05, 0) is 36.1 Å². The molecule has 2 rings (SSSR count). The average Bonchev–Trinajstić information content (AvgIpc) is 2.66. The van der Waals surface area contributed by atoms with Crippen LogP contribution < -0.4 is 4.74 Å². The van der Waals surface area contributed by atoms with Gasteiger partial charge in [0.1, 0.15) is 12.4 Å². The maximum absolute atomic E-state index is 12.1. The summed E-state index contributed by atoms with van der Waals surface area (Å²) < 4.78 is 41.1. The van der Waals surface area contributed by atoms with E-state index in [2.05, 4.69) is 0 Å². The second kappa shape index (κ2) is 4.78. The number of fused-ring (bicyclic) bond motifs is 1. The molecule has 0 spiro atoms. The number of ether oxygens (including phenoxy) is 1. The molecule has 1 aliphatic carbocycles. The van der Waals surface area contributed by atoms with Crippen LogP contribution in [0.1, 0.15) is 23.7 Å². The molecular formula is C12H13F3O3. The average molecular weight is 262 g/mol. The third-order valence-corrected chi connectivity index (χ3v) is 2.95. The summed E-state index contributed by atoms with van der Waals surface area (Å²) in [5, 5.41) is 18.4. The fraction of sp³-hybridized carbons (Fsp3) is 0.500. The maximum Gasteiger partial charge on any atom is 0.417 e. The lowest BCUT2D eigenvalue weighted by molar-refractivity contribution is -0.210. The predicted octanol–water partition coefficient (Wildman–Crippen LogP) is 1.97. The maximum atomic E-state index is 12.1. The minimum Gasteiger partial charge on any atom is -0.491 e. The zero-order valence-electron chi connectivity index (χ0n) is 9.44. The molecule has 0 bridgehead atoms. The quantitative estimate of drug-likeness (QED) is 0.875. The Morgan fingerprint density at radius 2 is 2.11 bits per heavy atom. The van der Waals surface area contributed by atoms with E-state index in [0.717, 1.165) is 11.1 Å². The molecule has 0 radical (unpaired) electrons. The van der Waals surface area contributed by atoms with Crippen molar-refractivity contribution in [3.63, 3.8) is 0 Å². The first-order valence-corrected chi connectivity index (χ1v) is 5.56. The molecule has 0 saturated heterocycles. The predicted molar refractivity (Wildman–Crippen MR) is 57.3 cm³/mol. The number of halogens is 3. The van der Waals surface area contributed by atoms with Crippen molar-refractivity contribution < 1.29 is 28.1 Å². The normalized spacial score (nSPS) is 20.6. The fourth-order valence-corrected chi connectivity index (χ4v) is 1.93. The number of benzene rings is 1. The molecule has 1 aliphatic rings. The van der Waals surface area contributed by atoms with Crippen molar-refractivity contribution in [3.05, 3.63) is 29.3 Å². The van der Waals surface area contributed by atoms with Gasteiger partial charge in [-0.3, -0.25) is 0 Å². The lowest BCUT2D eigenvalue weighted by Gasteiger charge is -2.15. The Hall–Kier alpha value is -1.27. The van der Waals surface area contributed by atoms with Crippen molar-refractivity contribution in [1.82, 2.24) is 0 Å². The zero-order chi connectivity index (χ0) is 13.3. The van der Waals surface area contributed by atoms with E-state index in [-0.39, 0.29) is 5.75 Å². The zero-order valence-corrected chi connectivity index (χ0v) is 9.44. The van der Waals surface area contributed by atoms with Crippen molar-refractivity contribution in [3.8, 4) is 5.75 Å². The number of aliphatic hydroxyl groups excluding tert-OH is 2. The number of hydrogen-bond acceptors (Lipinski definition) is 3. The molecule has 1 aromatic rings. The first kappa shape index (κ1) is 13.2. The van der Waals surface area contributed by atoms with Gasteiger partial charge >= 0.3 is 6.18 Å². The summed E-state index contributed by atoms with van der Waals surface area (Å²) in [7, 11) is 0. The number of hydrogen-bond donors (Lipinski definition) is 2. The van der Waals surface area contributed by atoms with Gasteiger partial charge in [0.05, 0.1) is 6.10 Å². The largest absolute Gasteiger partial charge is 0.491 e. The molecule has 6 heteroatoms. The van der Waals surface area contributed by atoms with E-state index in [1.54, 1.807) is 12.1 Å². The van der Waals surface area contributed by atoms with Crippen molar-refractivity contribution in [2.75, 3.05) is 6.61 Å². The first-order valence-electron chi connectivity index (χ1n) is 5.56. The molecule has 0 aromatic heterocycles. The SMILES string of the molecule is OC(COc1ccc2c(c1)CC[C@@H]2O)C(F)(F)F. The van der Waals surface area contributed by atoms with Crippen LogP contribution in [0.25, 0.3) is 0 Å². The van der Waals surface area contributed by atoms with E-state index >= 15 is 0 Å². The molecule has 1 unspecified atom stereocenters. The van der Waals surface area contributed by atoms with Crippen LogP contribution in [0.2, 0.25) is 0 Å². The molecule has 0 heterocycles. The van der Waals surface area contributed by atoms with Crippen molar-refractivity contribution >= 4 is 0 Å². The highest BCUT2D eigenvalue weighted by Crippen LogP contribution is 2.33. The van der Waals surface area contributed by atoms with Gasteiger partial charge in [0.2, 0.25) is 0 Å². The van der Waals surface area contributed by atoms with Gasteiger partial charge in [0, 0.05) is 0 Å². The topological polar surface area (TPSA) is 49.7 Å². The van der Waals surface area contributed by atoms with Crippen LogP contribution in [0.3, 0.4) is 0 Å². The molecule has 1 aromatic carbocycles. The van der Waals surface area contributed by atoms with Crippen LogP contribution in [-0.2, 0) is 6.42 Å². The first-order chi connectivity index (χ1) is 8.38. The molecular weight excluding hydrogens is 249 g/mol. The van der Waals surface area contributed by atoms with Gasteiger partial charge < -0.3 is 14.9 Å². The Kier molecular flexibility index (Phi) is 3.49. The van der Waals surface area contributed by atoms with Crippen LogP contribution in [-0.4, -0.2) is 29.1 Å². The van der Waals surface area contributed by atoms with E-state index in [1.807, 2.05) is 0 Å². The number of aryl methyl sites for hydroxylation is 1. The Morgan fingerprint density at radius 1 is 1.39 bits per heavy atom. The van der Waals surface area contributed by atoms with Crippen LogP contribution in [0.4, 0.5) is 13.2 Å². The van der Waals surface area contributed by atoms with E-state index in [9.17, 15) is 18.3 Å². The summed E-state index contributed by atoms with van der Waals surface area (Å²) >= 11 is 0. The highest BCUT2D eigenvalue weighted by Gasteiger charge is 2.38. The lowest BCUT2D eigenvalue weighted by atomic mass is 10.1. The molecule has 0 aliphatic heterocycles. The molecule has 2 N–H and O–H groups in total. The second-order valence-electron chi connectivity index (χ2n) is 4.28. The smallest absolute Gasteiger partial charge is 0.417 e. The van der Waals surface area contributed by atoms with Gasteiger partial charge in [0.15, 0.2) is 6.10 Å². The minimum atomic E-state index is -4.67. The molecule has 0 fully saturated rings. The Morgan fingerprint density at radius 3 is 2.78 bits per heavy atom. The highest BCUT2D eigenvalue weighted by atomic mass is 19.4. The summed E-state index contributed by atoms with van der Waals surface area (Å²) in [6.45, 7) is -0.829. The van der Waals surface area contributed by atoms with Crippen LogP contribution in [0.15, 0.2) is 18.2 Å². The second-order valence-corrected chi connectivity index (χ2v) is 4.28. The van der Waals surface area contributed by atoms with Gasteiger partial charge in [-0.15, -0.1) is 0 Å². The van der Waals surface area contributed by atoms with Crippen molar-refractivity contribution in [1.29, 1.82) is 0 Å². The number of alkyl halides is 3. The van der Waals surface area contributed by atoms with Crippen molar-refractivity contribution in [2.24, 2.45) is 0 Å². The Labute approximate surface area is 102 Å². The monoisotopic (exact) mass is 262 g/mol. The molecule has 0 saturated carbocycles. The van der Waals surface area contributed by atoms with E-state index in [0.29, 0.717) is 12.8 Å². The summed E-state index contributed by atoms with van der Waals surface area (Å²) in [6.07, 6.45) is -6.38. The highest BCUT2D eigenvalue weighted by molar-refractivity contribution is 5.39. The standard InChI is InChI=1S/C12H13F3O3/c13-12(14,15)11(17)6-18-8-2-3-9-7(5-8)1-4-10(9)16/h2-3,5,10-11,16-17H,1,4,6H2/t10-,11?/m0/s1. The molecule has 0 amide bonds. The number of rotatable bonds is 3. The summed E-state index contributed by atoms with van der Waals surface area (Å²) in [5.41, 5.74) is 1.67. The van der Waals surface area contributed by atoms with E-state index in [1.165, 1.54) is 6.07 Å². The third kappa shape index (κ3) is 2.76. The van der Waals surface area contributed by atoms with Gasteiger partial charge in [-0.25, -0.2) is 0 Å². The van der Waals surface area contributed by atoms with Gasteiger partial charge in [-0.1, -0.05) is 6.07 Å². The summed E-state index contributed by atoms with van der Waals surface area (Å²) in [4.78, 5) is 0.